The fourth-order valence-electron chi connectivity index (χ4n) is 2.86. The second-order valence-electron chi connectivity index (χ2n) is 6.94. The molecular weight excluding hydrogens is 333 g/mol. The summed E-state index contributed by atoms with van der Waals surface area (Å²) < 4.78 is 36.8. The first-order chi connectivity index (χ1) is 11.5. The van der Waals surface area contributed by atoms with E-state index >= 15 is 0 Å². The van der Waals surface area contributed by atoms with E-state index in [9.17, 15) is 22.8 Å². The molecule has 0 bridgehead atoms. The lowest BCUT2D eigenvalue weighted by molar-refractivity contribution is -0.161. The molecular formula is C18H23F3N2O2. The van der Waals surface area contributed by atoms with Gasteiger partial charge < -0.3 is 10.2 Å². The number of nitrogens with one attached hydrogen (secondary N) is 1. The minimum atomic E-state index is -4.47. The highest BCUT2D eigenvalue weighted by Crippen LogP contribution is 2.31. The van der Waals surface area contributed by atoms with Crippen LogP contribution in [0.4, 0.5) is 13.2 Å². The molecule has 1 aliphatic rings. The fraction of sp³-hybridized carbons (Fsp3) is 0.556. The first-order valence-corrected chi connectivity index (χ1v) is 8.27. The number of carbonyl (C=O) groups is 2. The number of hydrogen-bond acceptors (Lipinski definition) is 2. The van der Waals surface area contributed by atoms with Gasteiger partial charge in [-0.15, -0.1) is 0 Å². The van der Waals surface area contributed by atoms with Crippen molar-refractivity contribution in [2.75, 3.05) is 13.1 Å². The molecule has 2 rings (SSSR count). The van der Waals surface area contributed by atoms with Crippen LogP contribution in [0.5, 0.6) is 0 Å². The van der Waals surface area contributed by atoms with Gasteiger partial charge >= 0.3 is 6.18 Å². The predicted molar refractivity (Wildman–Crippen MR) is 88.0 cm³/mol. The SMILES string of the molecule is CC(C)c1ccc(CC(=O)N2CCC2(C)C(=O)NCC(F)(F)F)cc1. The van der Waals surface area contributed by atoms with E-state index < -0.39 is 24.2 Å². The Bertz CT molecular complexity index is 641. The summed E-state index contributed by atoms with van der Waals surface area (Å²) in [5, 5.41) is 1.88. The number of nitrogens with zero attached hydrogens (tertiary/aromatic N) is 1. The molecule has 4 nitrogen and oxygen atoms in total. The third kappa shape index (κ3) is 4.52. The zero-order valence-electron chi connectivity index (χ0n) is 14.6. The van der Waals surface area contributed by atoms with Crippen molar-refractivity contribution in [1.82, 2.24) is 10.2 Å². The Balaban J connectivity index is 1.98. The number of amides is 2. The van der Waals surface area contributed by atoms with Crippen molar-refractivity contribution in [1.29, 1.82) is 0 Å². The third-order valence-corrected chi connectivity index (χ3v) is 4.66. The summed E-state index contributed by atoms with van der Waals surface area (Å²) >= 11 is 0. The quantitative estimate of drug-likeness (QED) is 0.882. The van der Waals surface area contributed by atoms with Crippen molar-refractivity contribution < 1.29 is 22.8 Å². The van der Waals surface area contributed by atoms with E-state index in [0.717, 1.165) is 11.1 Å². The van der Waals surface area contributed by atoms with Gasteiger partial charge in [-0.2, -0.15) is 13.2 Å². The van der Waals surface area contributed by atoms with Crippen LogP contribution < -0.4 is 5.32 Å². The van der Waals surface area contributed by atoms with Crippen LogP contribution in [-0.2, 0) is 16.0 Å². The fourth-order valence-corrected chi connectivity index (χ4v) is 2.86. The number of hydrogen-bond donors (Lipinski definition) is 1. The summed E-state index contributed by atoms with van der Waals surface area (Å²) in [6, 6.07) is 7.65. The van der Waals surface area contributed by atoms with Crippen LogP contribution in [0.1, 0.15) is 44.2 Å². The minimum Gasteiger partial charge on any atom is -0.345 e. The number of alkyl halides is 3. The van der Waals surface area contributed by atoms with Crippen LogP contribution >= 0.6 is 0 Å². The Labute approximate surface area is 145 Å². The van der Waals surface area contributed by atoms with E-state index in [1.165, 1.54) is 11.8 Å². The van der Waals surface area contributed by atoms with Gasteiger partial charge in [0, 0.05) is 6.54 Å². The molecule has 1 aliphatic heterocycles. The maximum Gasteiger partial charge on any atom is 0.405 e. The van der Waals surface area contributed by atoms with E-state index in [0.29, 0.717) is 18.9 Å². The van der Waals surface area contributed by atoms with Gasteiger partial charge in [0.05, 0.1) is 6.42 Å². The molecule has 1 aromatic rings. The smallest absolute Gasteiger partial charge is 0.345 e. The average Bonchev–Trinajstić information content (AvgIpc) is 2.50. The van der Waals surface area contributed by atoms with Crippen molar-refractivity contribution in [2.24, 2.45) is 0 Å². The monoisotopic (exact) mass is 356 g/mol. The van der Waals surface area contributed by atoms with Gasteiger partial charge in [0.25, 0.3) is 0 Å². The number of halogens is 3. The zero-order chi connectivity index (χ0) is 18.8. The Morgan fingerprint density at radius 3 is 2.28 bits per heavy atom. The van der Waals surface area contributed by atoms with Crippen LogP contribution in [0.25, 0.3) is 0 Å². The van der Waals surface area contributed by atoms with Gasteiger partial charge in [-0.1, -0.05) is 38.1 Å². The molecule has 0 spiro atoms. The second kappa shape index (κ2) is 7.06. The highest BCUT2D eigenvalue weighted by Gasteiger charge is 2.49. The summed E-state index contributed by atoms with van der Waals surface area (Å²) in [7, 11) is 0. The molecule has 1 heterocycles. The lowest BCUT2D eigenvalue weighted by atomic mass is 9.85. The molecule has 2 amide bonds. The van der Waals surface area contributed by atoms with Gasteiger partial charge in [-0.3, -0.25) is 9.59 Å². The molecule has 1 aromatic carbocycles. The number of rotatable bonds is 5. The molecule has 0 aliphatic carbocycles. The molecule has 1 fully saturated rings. The highest BCUT2D eigenvalue weighted by atomic mass is 19.4. The number of carbonyl (C=O) groups excluding carboxylic acids is 2. The molecule has 1 atom stereocenters. The maximum absolute atomic E-state index is 12.5. The van der Waals surface area contributed by atoms with Crippen molar-refractivity contribution in [3.05, 3.63) is 35.4 Å². The van der Waals surface area contributed by atoms with Gasteiger partial charge in [-0.25, -0.2) is 0 Å². The van der Waals surface area contributed by atoms with Gasteiger partial charge in [0.15, 0.2) is 0 Å². The minimum absolute atomic E-state index is 0.126. The van der Waals surface area contributed by atoms with Crippen LogP contribution in [0.3, 0.4) is 0 Å². The Morgan fingerprint density at radius 2 is 1.84 bits per heavy atom. The molecule has 1 N–H and O–H groups in total. The van der Waals surface area contributed by atoms with Crippen LogP contribution in [0.2, 0.25) is 0 Å². The second-order valence-corrected chi connectivity index (χ2v) is 6.94. The summed E-state index contributed by atoms with van der Waals surface area (Å²) in [6.45, 7) is 4.64. The van der Waals surface area contributed by atoms with Crippen molar-refractivity contribution in [3.63, 3.8) is 0 Å². The van der Waals surface area contributed by atoms with Crippen molar-refractivity contribution in [2.45, 2.75) is 51.2 Å². The van der Waals surface area contributed by atoms with Crippen molar-refractivity contribution >= 4 is 11.8 Å². The molecule has 7 heteroatoms. The summed E-state index contributed by atoms with van der Waals surface area (Å²) in [5.74, 6) is -0.631. The predicted octanol–water partition coefficient (Wildman–Crippen LogP) is 3.02. The molecule has 0 saturated carbocycles. The summed E-state index contributed by atoms with van der Waals surface area (Å²) in [5.41, 5.74) is 0.774. The van der Waals surface area contributed by atoms with E-state index in [2.05, 4.69) is 13.8 Å². The van der Waals surface area contributed by atoms with Crippen LogP contribution in [0.15, 0.2) is 24.3 Å². The molecule has 138 valence electrons. The summed E-state index contributed by atoms with van der Waals surface area (Å²) in [6.07, 6.45) is -3.99. The number of likely N-dealkylation sites (tertiary alicyclic amines) is 1. The standard InChI is InChI=1S/C18H23F3N2O2/c1-12(2)14-6-4-13(5-7-14)10-15(24)23-9-8-17(23,3)16(25)22-11-18(19,20)21/h4-7,12H,8-11H2,1-3H3,(H,22,25). The van der Waals surface area contributed by atoms with E-state index in [1.807, 2.05) is 29.6 Å². The topological polar surface area (TPSA) is 49.4 Å². The Kier molecular flexibility index (Phi) is 5.44. The molecule has 0 radical (unpaired) electrons. The Hall–Kier alpha value is -2.05. The van der Waals surface area contributed by atoms with Gasteiger partial charge in [-0.05, 0) is 30.4 Å². The number of benzene rings is 1. The molecule has 1 unspecified atom stereocenters. The normalized spacial score (nSPS) is 20.4. The van der Waals surface area contributed by atoms with E-state index in [1.54, 1.807) is 0 Å². The zero-order valence-corrected chi connectivity index (χ0v) is 14.6. The first-order valence-electron chi connectivity index (χ1n) is 8.27. The highest BCUT2D eigenvalue weighted by molar-refractivity contribution is 5.93. The van der Waals surface area contributed by atoms with Crippen LogP contribution in [-0.4, -0.2) is 41.5 Å². The maximum atomic E-state index is 12.5. The first kappa shape index (κ1) is 19.3. The molecule has 1 saturated heterocycles. The van der Waals surface area contributed by atoms with Crippen molar-refractivity contribution in [3.8, 4) is 0 Å². The van der Waals surface area contributed by atoms with Crippen LogP contribution in [0, 0.1) is 0 Å². The summed E-state index contributed by atoms with van der Waals surface area (Å²) in [4.78, 5) is 25.9. The largest absolute Gasteiger partial charge is 0.405 e. The lowest BCUT2D eigenvalue weighted by Crippen LogP contribution is -2.68. The third-order valence-electron chi connectivity index (χ3n) is 4.66. The van der Waals surface area contributed by atoms with E-state index in [4.69, 9.17) is 0 Å². The lowest BCUT2D eigenvalue weighted by Gasteiger charge is -2.49. The van der Waals surface area contributed by atoms with E-state index in [-0.39, 0.29) is 12.3 Å². The van der Waals surface area contributed by atoms with Gasteiger partial charge in [0.2, 0.25) is 11.8 Å². The molecule has 0 aromatic heterocycles. The molecule has 25 heavy (non-hydrogen) atoms. The Morgan fingerprint density at radius 1 is 1.24 bits per heavy atom. The van der Waals surface area contributed by atoms with Gasteiger partial charge in [0.1, 0.15) is 12.1 Å². The average molecular weight is 356 g/mol.